The van der Waals surface area contributed by atoms with Crippen LogP contribution in [0.25, 0.3) is 22.2 Å². The number of fused-ring (bicyclic) bond motifs is 1. The molecule has 0 aromatic carbocycles. The van der Waals surface area contributed by atoms with Crippen LogP contribution in [0.3, 0.4) is 0 Å². The van der Waals surface area contributed by atoms with Gasteiger partial charge in [-0.25, -0.2) is 23.1 Å². The summed E-state index contributed by atoms with van der Waals surface area (Å²) >= 11 is 6.29. The van der Waals surface area contributed by atoms with E-state index in [0.29, 0.717) is 5.15 Å². The molecule has 3 N–H and O–H groups in total. The summed E-state index contributed by atoms with van der Waals surface area (Å²) in [7, 11) is -3.16. The molecule has 0 unspecified atom stereocenters. The standard InChI is InChI=1S/C20H24ClN5O2S/c1-2-29(27,28)26-15-7-5-14(6-8-15)24-19-11-13(10-18(21)25-19)17-12-23-20-16(17)4-3-9-22-20/h3-4,9-12,14-15,26H,2,5-8H2,1H3,(H,22,23)(H,24,25). The topological polar surface area (TPSA) is 99.8 Å². The molecule has 0 amide bonds. The van der Waals surface area contributed by atoms with Gasteiger partial charge in [-0.15, -0.1) is 0 Å². The van der Waals surface area contributed by atoms with Crippen LogP contribution in [0, 0.1) is 0 Å². The van der Waals surface area contributed by atoms with Gasteiger partial charge in [-0.05, 0) is 62.4 Å². The van der Waals surface area contributed by atoms with Crippen LogP contribution in [0.4, 0.5) is 5.82 Å². The van der Waals surface area contributed by atoms with E-state index < -0.39 is 10.0 Å². The molecule has 4 rings (SSSR count). The van der Waals surface area contributed by atoms with E-state index in [-0.39, 0.29) is 17.8 Å². The molecule has 9 heteroatoms. The third-order valence-electron chi connectivity index (χ3n) is 5.36. The van der Waals surface area contributed by atoms with E-state index in [4.69, 9.17) is 11.6 Å². The van der Waals surface area contributed by atoms with Crippen molar-refractivity contribution in [3.63, 3.8) is 0 Å². The third-order valence-corrected chi connectivity index (χ3v) is 7.01. The summed E-state index contributed by atoms with van der Waals surface area (Å²) in [6.45, 7) is 1.65. The number of aromatic nitrogens is 3. The number of rotatable bonds is 6. The predicted octanol–water partition coefficient (Wildman–Crippen LogP) is 3.94. The molecule has 3 heterocycles. The van der Waals surface area contributed by atoms with Gasteiger partial charge in [0.05, 0.1) is 5.75 Å². The third kappa shape index (κ3) is 4.71. The Bertz CT molecular complexity index is 1110. The van der Waals surface area contributed by atoms with Crippen molar-refractivity contribution in [1.82, 2.24) is 19.7 Å². The van der Waals surface area contributed by atoms with Gasteiger partial charge in [0.1, 0.15) is 16.6 Å². The van der Waals surface area contributed by atoms with Crippen molar-refractivity contribution < 1.29 is 8.42 Å². The largest absolute Gasteiger partial charge is 0.367 e. The number of halogens is 1. The van der Waals surface area contributed by atoms with Gasteiger partial charge in [0.25, 0.3) is 0 Å². The zero-order chi connectivity index (χ0) is 20.4. The Kier molecular flexibility index (Phi) is 5.76. The van der Waals surface area contributed by atoms with E-state index in [1.54, 1.807) is 13.1 Å². The number of anilines is 1. The molecule has 0 radical (unpaired) electrons. The van der Waals surface area contributed by atoms with Crippen LogP contribution in [0.1, 0.15) is 32.6 Å². The summed E-state index contributed by atoms with van der Waals surface area (Å²) in [6, 6.07) is 8.02. The van der Waals surface area contributed by atoms with Gasteiger partial charge < -0.3 is 10.3 Å². The van der Waals surface area contributed by atoms with Crippen molar-refractivity contribution >= 4 is 38.5 Å². The molecule has 0 aliphatic heterocycles. The van der Waals surface area contributed by atoms with Crippen molar-refractivity contribution in [3.05, 3.63) is 41.8 Å². The predicted molar refractivity (Wildman–Crippen MR) is 117 cm³/mol. The maximum atomic E-state index is 11.8. The minimum Gasteiger partial charge on any atom is -0.367 e. The van der Waals surface area contributed by atoms with E-state index in [0.717, 1.165) is 53.7 Å². The second-order valence-electron chi connectivity index (χ2n) is 7.38. The second-order valence-corrected chi connectivity index (χ2v) is 9.81. The lowest BCUT2D eigenvalue weighted by molar-refractivity contribution is 0.387. The van der Waals surface area contributed by atoms with E-state index in [1.807, 2.05) is 30.5 Å². The summed E-state index contributed by atoms with van der Waals surface area (Å²) in [5.74, 6) is 0.840. The molecule has 1 aliphatic rings. The molecular weight excluding hydrogens is 410 g/mol. The molecule has 7 nitrogen and oxygen atoms in total. The molecule has 1 saturated carbocycles. The summed E-state index contributed by atoms with van der Waals surface area (Å²) in [6.07, 6.45) is 7.04. The fourth-order valence-corrected chi connectivity index (χ4v) is 4.94. The van der Waals surface area contributed by atoms with E-state index >= 15 is 0 Å². The Morgan fingerprint density at radius 1 is 1.21 bits per heavy atom. The lowest BCUT2D eigenvalue weighted by Crippen LogP contribution is -2.40. The number of hydrogen-bond acceptors (Lipinski definition) is 5. The molecule has 29 heavy (non-hydrogen) atoms. The van der Waals surface area contributed by atoms with Gasteiger partial charge in [0.15, 0.2) is 0 Å². The Balaban J connectivity index is 1.47. The summed E-state index contributed by atoms with van der Waals surface area (Å²) in [4.78, 5) is 11.9. The van der Waals surface area contributed by atoms with Gasteiger partial charge in [-0.2, -0.15) is 0 Å². The monoisotopic (exact) mass is 433 g/mol. The zero-order valence-electron chi connectivity index (χ0n) is 16.2. The number of nitrogens with one attached hydrogen (secondary N) is 3. The first kappa shape index (κ1) is 20.1. The lowest BCUT2D eigenvalue weighted by Gasteiger charge is -2.29. The molecule has 0 saturated heterocycles. The lowest BCUT2D eigenvalue weighted by atomic mass is 9.92. The number of aromatic amines is 1. The number of pyridine rings is 2. The van der Waals surface area contributed by atoms with Crippen LogP contribution in [-0.4, -0.2) is 41.2 Å². The number of sulfonamides is 1. The Morgan fingerprint density at radius 2 is 1.97 bits per heavy atom. The van der Waals surface area contributed by atoms with Crippen LogP contribution < -0.4 is 10.0 Å². The number of H-pyrrole nitrogens is 1. The smallest absolute Gasteiger partial charge is 0.211 e. The van der Waals surface area contributed by atoms with Crippen LogP contribution in [-0.2, 0) is 10.0 Å². The van der Waals surface area contributed by atoms with Crippen LogP contribution in [0.15, 0.2) is 36.7 Å². The highest BCUT2D eigenvalue weighted by Gasteiger charge is 2.24. The molecule has 0 spiro atoms. The number of nitrogens with zero attached hydrogens (tertiary/aromatic N) is 2. The van der Waals surface area contributed by atoms with Gasteiger partial charge >= 0.3 is 0 Å². The van der Waals surface area contributed by atoms with Crippen LogP contribution in [0.5, 0.6) is 0 Å². The quantitative estimate of drug-likeness (QED) is 0.511. The molecular formula is C20H24ClN5O2S. The van der Waals surface area contributed by atoms with Crippen LogP contribution in [0.2, 0.25) is 5.15 Å². The highest BCUT2D eigenvalue weighted by Crippen LogP contribution is 2.31. The van der Waals surface area contributed by atoms with Gasteiger partial charge in [0, 0.05) is 35.4 Å². The average Bonchev–Trinajstić information content (AvgIpc) is 3.13. The Labute approximate surface area is 175 Å². The Morgan fingerprint density at radius 3 is 2.72 bits per heavy atom. The average molecular weight is 434 g/mol. The maximum absolute atomic E-state index is 11.8. The van der Waals surface area contributed by atoms with E-state index in [9.17, 15) is 8.42 Å². The molecule has 3 aromatic rings. The maximum Gasteiger partial charge on any atom is 0.211 e. The minimum atomic E-state index is -3.16. The second kappa shape index (κ2) is 8.30. The van der Waals surface area contributed by atoms with Crippen molar-refractivity contribution in [2.24, 2.45) is 0 Å². The highest BCUT2D eigenvalue weighted by atomic mass is 35.5. The minimum absolute atomic E-state index is 0.0135. The molecule has 154 valence electrons. The molecule has 3 aromatic heterocycles. The van der Waals surface area contributed by atoms with Crippen molar-refractivity contribution in [2.75, 3.05) is 11.1 Å². The first-order valence-corrected chi connectivity index (χ1v) is 11.8. The first-order valence-electron chi connectivity index (χ1n) is 9.80. The first-order chi connectivity index (χ1) is 13.9. The van der Waals surface area contributed by atoms with Crippen molar-refractivity contribution in [2.45, 2.75) is 44.7 Å². The Hall–Kier alpha value is -2.16. The zero-order valence-corrected chi connectivity index (χ0v) is 17.7. The van der Waals surface area contributed by atoms with E-state index in [1.165, 1.54) is 0 Å². The van der Waals surface area contributed by atoms with E-state index in [2.05, 4.69) is 25.0 Å². The summed E-state index contributed by atoms with van der Waals surface area (Å²) in [5.41, 5.74) is 2.83. The fraction of sp³-hybridized carbons (Fsp3) is 0.400. The van der Waals surface area contributed by atoms with Crippen molar-refractivity contribution in [1.29, 1.82) is 0 Å². The summed E-state index contributed by atoms with van der Waals surface area (Å²) in [5, 5.41) is 4.93. The fourth-order valence-electron chi connectivity index (χ4n) is 3.82. The molecule has 1 fully saturated rings. The van der Waals surface area contributed by atoms with Gasteiger partial charge in [-0.3, -0.25) is 0 Å². The number of hydrogen-bond donors (Lipinski definition) is 3. The van der Waals surface area contributed by atoms with Gasteiger partial charge in [0.2, 0.25) is 10.0 Å². The van der Waals surface area contributed by atoms with Gasteiger partial charge in [-0.1, -0.05) is 11.6 Å². The summed E-state index contributed by atoms with van der Waals surface area (Å²) < 4.78 is 26.3. The normalized spacial score (nSPS) is 20.1. The van der Waals surface area contributed by atoms with Crippen molar-refractivity contribution in [3.8, 4) is 11.1 Å². The van der Waals surface area contributed by atoms with Crippen LogP contribution >= 0.6 is 11.6 Å². The SMILES string of the molecule is CCS(=O)(=O)NC1CCC(Nc2cc(-c3c[nH]c4ncccc34)cc(Cl)n2)CC1. The highest BCUT2D eigenvalue weighted by molar-refractivity contribution is 7.89. The molecule has 0 bridgehead atoms. The molecule has 0 atom stereocenters. The molecule has 1 aliphatic carbocycles.